The van der Waals surface area contributed by atoms with E-state index in [1.165, 1.54) is 63.0 Å². The summed E-state index contributed by atoms with van der Waals surface area (Å²) in [5.74, 6) is 0.460. The van der Waals surface area contributed by atoms with Crippen molar-refractivity contribution in [3.63, 3.8) is 0 Å². The number of carbonyl (C=O) groups excluding carboxylic acids is 1. The Bertz CT molecular complexity index is 387. The number of rotatable bonds is 10. The van der Waals surface area contributed by atoms with Gasteiger partial charge in [-0.25, -0.2) is 0 Å². The SMILES string of the molecule is C=C1C(C)=C(C)C(=O)[CH]1[Sn]([CH2]CCC)([CH2]CCC)[CH2]CCC. The first-order valence-corrected chi connectivity index (χ1v) is 17.1. The average Bonchev–Trinajstić information content (AvgIpc) is 2.71. The molecule has 0 aliphatic heterocycles. The van der Waals surface area contributed by atoms with Gasteiger partial charge in [0.25, 0.3) is 0 Å². The maximum atomic E-state index is 13.0. The standard InChI is InChI=1S/C8H9O.3C4H9.Sn/c1-5-4-8(9)7(3)6(5)2;3*1-3-4-2;/h4H,1H2,2-3H3;3*1,3-4H2,2H3;. The summed E-state index contributed by atoms with van der Waals surface area (Å²) in [4.78, 5) is 13.0. The first kappa shape index (κ1) is 20.0. The van der Waals surface area contributed by atoms with Crippen LogP contribution in [0.3, 0.4) is 0 Å². The Morgan fingerprint density at radius 3 is 1.55 bits per heavy atom. The molecule has 22 heavy (non-hydrogen) atoms. The first-order chi connectivity index (χ1) is 10.4. The molecule has 1 aliphatic rings. The van der Waals surface area contributed by atoms with E-state index in [4.69, 9.17) is 0 Å². The number of hydrogen-bond donors (Lipinski definition) is 0. The van der Waals surface area contributed by atoms with Gasteiger partial charge in [0.1, 0.15) is 0 Å². The summed E-state index contributed by atoms with van der Waals surface area (Å²) in [6, 6.07) is 0. The van der Waals surface area contributed by atoms with Crippen LogP contribution in [0.2, 0.25) is 17.2 Å². The van der Waals surface area contributed by atoms with Crippen molar-refractivity contribution >= 4 is 24.2 Å². The Labute approximate surface area is 142 Å². The molecule has 1 atom stereocenters. The predicted octanol–water partition coefficient (Wildman–Crippen LogP) is 6.68. The van der Waals surface area contributed by atoms with Crippen molar-refractivity contribution in [2.75, 3.05) is 0 Å². The number of unbranched alkanes of at least 4 members (excludes halogenated alkanes) is 3. The molecule has 0 amide bonds. The number of hydrogen-bond acceptors (Lipinski definition) is 1. The fraction of sp³-hybridized carbons (Fsp3) is 0.750. The summed E-state index contributed by atoms with van der Waals surface area (Å²) < 4.78 is 4.43. The van der Waals surface area contributed by atoms with E-state index in [0.29, 0.717) is 5.78 Å². The van der Waals surface area contributed by atoms with Crippen LogP contribution in [-0.4, -0.2) is 24.2 Å². The number of allylic oxidation sites excluding steroid dienone is 3. The van der Waals surface area contributed by atoms with Crippen LogP contribution < -0.4 is 0 Å². The van der Waals surface area contributed by atoms with Gasteiger partial charge in [0.15, 0.2) is 0 Å². The van der Waals surface area contributed by atoms with E-state index < -0.39 is 18.4 Å². The molecule has 0 aromatic rings. The molecule has 1 unspecified atom stereocenters. The van der Waals surface area contributed by atoms with Crippen molar-refractivity contribution in [2.24, 2.45) is 0 Å². The summed E-state index contributed by atoms with van der Waals surface area (Å²) >= 11 is -2.53. The number of carbonyl (C=O) groups is 1. The minimum atomic E-state index is -2.53. The monoisotopic (exact) mass is 412 g/mol. The Kier molecular flexibility index (Phi) is 8.45. The van der Waals surface area contributed by atoms with Gasteiger partial charge in [0, 0.05) is 0 Å². The van der Waals surface area contributed by atoms with Gasteiger partial charge in [-0.1, -0.05) is 0 Å². The third-order valence-electron chi connectivity index (χ3n) is 5.72. The molecule has 0 spiro atoms. The molecule has 0 aromatic carbocycles. The topological polar surface area (TPSA) is 17.1 Å². The van der Waals surface area contributed by atoms with Crippen molar-refractivity contribution in [1.82, 2.24) is 0 Å². The second-order valence-electron chi connectivity index (χ2n) is 7.25. The van der Waals surface area contributed by atoms with Crippen LogP contribution in [0.25, 0.3) is 0 Å². The maximum absolute atomic E-state index is 13.0. The van der Waals surface area contributed by atoms with Crippen molar-refractivity contribution in [3.8, 4) is 0 Å². The van der Waals surface area contributed by atoms with E-state index in [9.17, 15) is 4.79 Å². The second kappa shape index (κ2) is 9.29. The van der Waals surface area contributed by atoms with Gasteiger partial charge < -0.3 is 0 Å². The minimum absolute atomic E-state index is 0.263. The van der Waals surface area contributed by atoms with Crippen LogP contribution in [0.5, 0.6) is 0 Å². The van der Waals surface area contributed by atoms with Crippen LogP contribution in [0.4, 0.5) is 0 Å². The third-order valence-corrected chi connectivity index (χ3v) is 22.5. The number of Topliss-reactive ketones (excluding diaryl/α,β-unsaturated/α-hetero) is 1. The van der Waals surface area contributed by atoms with Gasteiger partial charge in [0.2, 0.25) is 0 Å². The van der Waals surface area contributed by atoms with E-state index in [1.54, 1.807) is 0 Å². The van der Waals surface area contributed by atoms with Crippen molar-refractivity contribution in [3.05, 3.63) is 23.3 Å². The molecule has 0 saturated carbocycles. The van der Waals surface area contributed by atoms with Crippen LogP contribution in [0, 0.1) is 0 Å². The molecule has 0 N–H and O–H groups in total. The van der Waals surface area contributed by atoms with Crippen LogP contribution in [0.15, 0.2) is 23.3 Å². The Balaban J connectivity index is 3.16. The molecule has 0 aromatic heterocycles. The number of ketones is 1. The summed E-state index contributed by atoms with van der Waals surface area (Å²) in [6.07, 6.45) is 7.73. The summed E-state index contributed by atoms with van der Waals surface area (Å²) in [6.45, 7) is 15.4. The van der Waals surface area contributed by atoms with Crippen LogP contribution in [-0.2, 0) is 4.79 Å². The van der Waals surface area contributed by atoms with Crippen molar-refractivity contribution in [2.45, 2.75) is 90.4 Å². The Morgan fingerprint density at radius 1 is 0.864 bits per heavy atom. The molecular weight excluding hydrogens is 375 g/mol. The second-order valence-corrected chi connectivity index (χ2v) is 21.0. The molecule has 0 fully saturated rings. The van der Waals surface area contributed by atoms with Gasteiger partial charge in [-0.2, -0.15) is 0 Å². The Hall–Kier alpha value is -0.0513. The van der Waals surface area contributed by atoms with Crippen LogP contribution in [0.1, 0.15) is 73.1 Å². The van der Waals surface area contributed by atoms with Crippen molar-refractivity contribution in [1.29, 1.82) is 0 Å². The molecule has 0 radical (unpaired) electrons. The first-order valence-electron chi connectivity index (χ1n) is 9.36. The molecule has 1 nitrogen and oxygen atoms in total. The molecular formula is C20H36OSn. The molecule has 126 valence electrons. The summed E-state index contributed by atoms with van der Waals surface area (Å²) in [5, 5.41) is 0. The zero-order chi connectivity index (χ0) is 16.8. The van der Waals surface area contributed by atoms with Gasteiger partial charge in [-0.05, 0) is 0 Å². The molecule has 0 heterocycles. The van der Waals surface area contributed by atoms with Gasteiger partial charge >= 0.3 is 143 Å². The van der Waals surface area contributed by atoms with Crippen LogP contribution >= 0.6 is 0 Å². The molecule has 2 heteroatoms. The fourth-order valence-electron chi connectivity index (χ4n) is 4.06. The summed E-state index contributed by atoms with van der Waals surface area (Å²) in [7, 11) is 0. The molecule has 1 aliphatic carbocycles. The van der Waals surface area contributed by atoms with Gasteiger partial charge in [-0.3, -0.25) is 0 Å². The van der Waals surface area contributed by atoms with E-state index in [1.807, 2.05) is 6.92 Å². The van der Waals surface area contributed by atoms with E-state index >= 15 is 0 Å². The quantitative estimate of drug-likeness (QED) is 0.367. The Morgan fingerprint density at radius 2 is 1.27 bits per heavy atom. The third kappa shape index (κ3) is 4.27. The zero-order valence-electron chi connectivity index (χ0n) is 15.6. The molecule has 0 saturated heterocycles. The predicted molar refractivity (Wildman–Crippen MR) is 101 cm³/mol. The zero-order valence-corrected chi connectivity index (χ0v) is 18.4. The van der Waals surface area contributed by atoms with Gasteiger partial charge in [-0.15, -0.1) is 0 Å². The van der Waals surface area contributed by atoms with E-state index in [0.717, 1.165) is 5.57 Å². The molecule has 1 rings (SSSR count). The average molecular weight is 411 g/mol. The van der Waals surface area contributed by atoms with E-state index in [2.05, 4.69) is 34.3 Å². The summed E-state index contributed by atoms with van der Waals surface area (Å²) in [5.41, 5.74) is 3.43. The molecule has 0 bridgehead atoms. The fourth-order valence-corrected chi connectivity index (χ4v) is 22.7. The van der Waals surface area contributed by atoms with Crippen molar-refractivity contribution < 1.29 is 4.79 Å². The normalized spacial score (nSPS) is 19.4. The van der Waals surface area contributed by atoms with E-state index in [-0.39, 0.29) is 3.93 Å². The van der Waals surface area contributed by atoms with Gasteiger partial charge in [0.05, 0.1) is 0 Å².